The number of rotatable bonds is 0. The summed E-state index contributed by atoms with van der Waals surface area (Å²) in [7, 11) is 0. The third-order valence-corrected chi connectivity index (χ3v) is 0. The summed E-state index contributed by atoms with van der Waals surface area (Å²) in [5.41, 5.74) is 0. The Morgan fingerprint density at radius 3 is 1.57 bits per heavy atom. The minimum Gasteiger partial charge on any atom is -0.550 e. The van der Waals surface area contributed by atoms with Gasteiger partial charge in [-0.2, -0.15) is 0 Å². The molecule has 0 atom stereocenters. The molecule has 0 aromatic rings. The molecule has 2 N–H and O–H groups in total. The Hall–Kier alpha value is 0.720. The summed E-state index contributed by atoms with van der Waals surface area (Å²) in [4.78, 5) is 8.89. The Morgan fingerprint density at radius 2 is 1.57 bits per heavy atom. The molecule has 0 rings (SSSR count). The van der Waals surface area contributed by atoms with Crippen LogP contribution >= 0.6 is 12.4 Å². The van der Waals surface area contributed by atoms with Gasteiger partial charge in [0.15, 0.2) is 0 Å². The maximum absolute atomic E-state index is 8.89. The van der Waals surface area contributed by atoms with Crippen molar-refractivity contribution in [2.24, 2.45) is 0 Å². The van der Waals surface area contributed by atoms with Crippen LogP contribution in [0.1, 0.15) is 6.92 Å². The van der Waals surface area contributed by atoms with E-state index in [0.29, 0.717) is 0 Å². The van der Waals surface area contributed by atoms with Crippen molar-refractivity contribution >= 4 is 18.4 Å². The summed E-state index contributed by atoms with van der Waals surface area (Å²) in [5, 5.41) is 8.89. The Bertz CT molecular complexity index is 35.9. The molecule has 0 unspecified atom stereocenters. The predicted molar refractivity (Wildman–Crippen MR) is 21.5 cm³/mol. The molecule has 0 bridgehead atoms. The van der Waals surface area contributed by atoms with E-state index in [-0.39, 0.29) is 47.4 Å². The number of carbonyl (C=O) groups is 1. The van der Waals surface area contributed by atoms with Gasteiger partial charge in [-0.3, -0.25) is 0 Å². The molecule has 0 amide bonds. The van der Waals surface area contributed by atoms with Crippen molar-refractivity contribution in [2.75, 3.05) is 0 Å². The van der Waals surface area contributed by atoms with Gasteiger partial charge in [0.25, 0.3) is 0 Å². The van der Waals surface area contributed by atoms with E-state index >= 15 is 0 Å². The van der Waals surface area contributed by atoms with Crippen LogP contribution in [0, 0.1) is 0 Å². The van der Waals surface area contributed by atoms with Crippen molar-refractivity contribution in [1.29, 1.82) is 0 Å². The summed E-state index contributed by atoms with van der Waals surface area (Å²) in [5.74, 6) is -1.08. The Balaban J connectivity index is -0.0000000150. The Morgan fingerprint density at radius 1 is 1.57 bits per heavy atom. The molecule has 0 heterocycles. The first-order valence-corrected chi connectivity index (χ1v) is 0.908. The zero-order valence-electron chi connectivity index (χ0n) is 4.22. The maximum Gasteiger partial charge on any atom is 1.00 e. The first-order chi connectivity index (χ1) is 1.73. The Labute approximate surface area is 70.1 Å². The van der Waals surface area contributed by atoms with Gasteiger partial charge in [-0.05, 0) is 6.92 Å². The van der Waals surface area contributed by atoms with E-state index in [1.165, 1.54) is 0 Å². The quantitative estimate of drug-likeness (QED) is 0.314. The molecular formula is C2H6ClNaO3. The molecule has 0 aromatic heterocycles. The molecule has 0 saturated heterocycles. The standard InChI is InChI=1S/C2H4O2.ClH.Na.H2O/c1-2(3)4;;;/h1H3,(H,3,4);1H;;1H2/q;;+1;/p-1. The fourth-order valence-corrected chi connectivity index (χ4v) is 0. The zero-order valence-corrected chi connectivity index (χ0v) is 7.04. The average Bonchev–Trinajstić information content (AvgIpc) is 0.811. The number of carbonyl (C=O) groups excluding carboxylic acids is 1. The minimum atomic E-state index is -1.08. The maximum atomic E-state index is 8.89. The van der Waals surface area contributed by atoms with Crippen LogP contribution in [-0.4, -0.2) is 11.4 Å². The topological polar surface area (TPSA) is 71.6 Å². The van der Waals surface area contributed by atoms with E-state index in [1.807, 2.05) is 0 Å². The van der Waals surface area contributed by atoms with Crippen LogP contribution in [-0.2, 0) is 4.79 Å². The predicted octanol–water partition coefficient (Wildman–Crippen LogP) is -4.64. The molecule has 0 fully saturated rings. The summed E-state index contributed by atoms with van der Waals surface area (Å²) in [6, 6.07) is 0. The van der Waals surface area contributed by atoms with Crippen LogP contribution in [0.25, 0.3) is 0 Å². The van der Waals surface area contributed by atoms with E-state index in [9.17, 15) is 0 Å². The SMILES string of the molecule is CC(=O)[O-].Cl.O.[Na+]. The molecule has 0 aliphatic heterocycles. The van der Waals surface area contributed by atoms with Crippen molar-refractivity contribution in [3.63, 3.8) is 0 Å². The summed E-state index contributed by atoms with van der Waals surface area (Å²) in [6.07, 6.45) is 0. The first kappa shape index (κ1) is 25.2. The van der Waals surface area contributed by atoms with Crippen LogP contribution in [0.2, 0.25) is 0 Å². The fourth-order valence-electron chi connectivity index (χ4n) is 0. The molecule has 0 radical (unpaired) electrons. The van der Waals surface area contributed by atoms with Crippen molar-refractivity contribution < 1.29 is 44.9 Å². The smallest absolute Gasteiger partial charge is 0.550 e. The number of hydrogen-bond donors (Lipinski definition) is 0. The molecule has 0 aliphatic carbocycles. The van der Waals surface area contributed by atoms with Gasteiger partial charge in [0.1, 0.15) is 0 Å². The number of carboxylic acid groups (broad SMARTS) is 1. The zero-order chi connectivity index (χ0) is 3.58. The van der Waals surface area contributed by atoms with Gasteiger partial charge in [-0.15, -0.1) is 12.4 Å². The van der Waals surface area contributed by atoms with Crippen LogP contribution in [0.5, 0.6) is 0 Å². The number of carboxylic acids is 1. The van der Waals surface area contributed by atoms with Gasteiger partial charge >= 0.3 is 29.6 Å². The molecule has 40 valence electrons. The van der Waals surface area contributed by atoms with Gasteiger partial charge in [0.05, 0.1) is 0 Å². The normalized spacial score (nSPS) is 3.57. The molecule has 3 nitrogen and oxygen atoms in total. The minimum absolute atomic E-state index is 0. The second kappa shape index (κ2) is 15.9. The van der Waals surface area contributed by atoms with Gasteiger partial charge in [-0.25, -0.2) is 0 Å². The van der Waals surface area contributed by atoms with E-state index in [0.717, 1.165) is 6.92 Å². The Kier molecular flexibility index (Phi) is 57.2. The first-order valence-electron chi connectivity index (χ1n) is 0.908. The molecule has 5 heteroatoms. The van der Waals surface area contributed by atoms with Crippen LogP contribution in [0.3, 0.4) is 0 Å². The van der Waals surface area contributed by atoms with E-state index in [1.54, 1.807) is 0 Å². The van der Waals surface area contributed by atoms with Crippen molar-refractivity contribution in [2.45, 2.75) is 6.92 Å². The second-order valence-electron chi connectivity index (χ2n) is 0.492. The van der Waals surface area contributed by atoms with Crippen molar-refractivity contribution in [1.82, 2.24) is 0 Å². The molecule has 0 aliphatic rings. The molecular weight excluding hydrogens is 130 g/mol. The fraction of sp³-hybridized carbons (Fsp3) is 0.500. The van der Waals surface area contributed by atoms with E-state index in [4.69, 9.17) is 9.90 Å². The summed E-state index contributed by atoms with van der Waals surface area (Å²) >= 11 is 0. The summed E-state index contributed by atoms with van der Waals surface area (Å²) in [6.45, 7) is 0.972. The van der Waals surface area contributed by atoms with Crippen LogP contribution in [0.4, 0.5) is 0 Å². The molecule has 0 aromatic carbocycles. The van der Waals surface area contributed by atoms with E-state index in [2.05, 4.69) is 0 Å². The largest absolute Gasteiger partial charge is 1.00 e. The van der Waals surface area contributed by atoms with Gasteiger partial charge in [0.2, 0.25) is 0 Å². The van der Waals surface area contributed by atoms with Gasteiger partial charge in [-0.1, -0.05) is 0 Å². The second-order valence-corrected chi connectivity index (χ2v) is 0.492. The number of aliphatic carboxylic acids is 1. The van der Waals surface area contributed by atoms with Gasteiger partial charge in [0, 0.05) is 5.97 Å². The van der Waals surface area contributed by atoms with Crippen LogP contribution < -0.4 is 34.7 Å². The van der Waals surface area contributed by atoms with Crippen LogP contribution in [0.15, 0.2) is 0 Å². The molecule has 0 spiro atoms. The average molecular weight is 137 g/mol. The number of hydrogen-bond acceptors (Lipinski definition) is 2. The van der Waals surface area contributed by atoms with E-state index < -0.39 is 5.97 Å². The van der Waals surface area contributed by atoms with Crippen molar-refractivity contribution in [3.8, 4) is 0 Å². The monoisotopic (exact) mass is 136 g/mol. The third-order valence-electron chi connectivity index (χ3n) is 0. The number of halogens is 1. The van der Waals surface area contributed by atoms with Gasteiger partial charge < -0.3 is 15.4 Å². The summed E-state index contributed by atoms with van der Waals surface area (Å²) < 4.78 is 0. The molecule has 0 saturated carbocycles. The molecule has 7 heavy (non-hydrogen) atoms. The van der Waals surface area contributed by atoms with Crippen molar-refractivity contribution in [3.05, 3.63) is 0 Å². The third kappa shape index (κ3) is 289.